The summed E-state index contributed by atoms with van der Waals surface area (Å²) in [6.45, 7) is 4.14. The number of ether oxygens (including phenoxy) is 1. The van der Waals surface area contributed by atoms with Crippen LogP contribution in [0.15, 0.2) is 22.9 Å². The molecule has 1 heterocycles. The number of nitrogens with zero attached hydrogens (tertiary/aromatic N) is 1. The Morgan fingerprint density at radius 2 is 2.24 bits per heavy atom. The van der Waals surface area contributed by atoms with Gasteiger partial charge in [-0.2, -0.15) is 0 Å². The summed E-state index contributed by atoms with van der Waals surface area (Å²) < 4.78 is 6.36. The van der Waals surface area contributed by atoms with Crippen LogP contribution in [0.3, 0.4) is 0 Å². The van der Waals surface area contributed by atoms with E-state index in [1.807, 2.05) is 12.3 Å². The van der Waals surface area contributed by atoms with Crippen LogP contribution in [0.25, 0.3) is 0 Å². The second-order valence-electron chi connectivity index (χ2n) is 4.66. The second-order valence-corrected chi connectivity index (χ2v) is 5.57. The molecule has 0 bridgehead atoms. The van der Waals surface area contributed by atoms with Crippen molar-refractivity contribution in [2.45, 2.75) is 38.3 Å². The number of methoxy groups -OCH3 is 1. The van der Waals surface area contributed by atoms with Crippen molar-refractivity contribution in [2.75, 3.05) is 7.11 Å². The monoisotopic (exact) mass is 301 g/mol. The average molecular weight is 302 g/mol. The van der Waals surface area contributed by atoms with E-state index in [1.165, 1.54) is 0 Å². The lowest BCUT2D eigenvalue weighted by molar-refractivity contribution is 0.0116. The molecule has 1 aromatic rings. The van der Waals surface area contributed by atoms with Crippen LogP contribution in [-0.4, -0.2) is 17.7 Å². The Bertz CT molecular complexity index is 357. The smallest absolute Gasteiger partial charge is 0.0623 e. The van der Waals surface area contributed by atoms with Crippen molar-refractivity contribution < 1.29 is 4.74 Å². The minimum atomic E-state index is -0.130. The topological polar surface area (TPSA) is 60.2 Å². The van der Waals surface area contributed by atoms with Crippen LogP contribution in [0.2, 0.25) is 0 Å². The Morgan fingerprint density at radius 3 is 2.76 bits per heavy atom. The highest BCUT2D eigenvalue weighted by Crippen LogP contribution is 2.24. The first kappa shape index (κ1) is 14.6. The number of rotatable bonds is 6. The number of nitrogens with one attached hydrogen (secondary N) is 1. The molecule has 0 spiro atoms. The Hall–Kier alpha value is -0.490. The molecular weight excluding hydrogens is 282 g/mol. The third kappa shape index (κ3) is 4.71. The van der Waals surface area contributed by atoms with Gasteiger partial charge in [-0.3, -0.25) is 16.3 Å². The molecule has 1 rings (SSSR count). The summed E-state index contributed by atoms with van der Waals surface area (Å²) in [6, 6.07) is 2.12. The second kappa shape index (κ2) is 6.44. The highest BCUT2D eigenvalue weighted by Gasteiger charge is 2.19. The molecule has 0 saturated carbocycles. The van der Waals surface area contributed by atoms with Crippen molar-refractivity contribution >= 4 is 15.9 Å². The zero-order valence-corrected chi connectivity index (χ0v) is 12.1. The van der Waals surface area contributed by atoms with Crippen LogP contribution in [0, 0.1) is 0 Å². The molecule has 0 saturated heterocycles. The molecule has 4 nitrogen and oxygen atoms in total. The minimum Gasteiger partial charge on any atom is -0.379 e. The molecule has 0 aliphatic rings. The molecule has 96 valence electrons. The molecule has 3 N–H and O–H groups in total. The van der Waals surface area contributed by atoms with Crippen molar-refractivity contribution in [1.82, 2.24) is 10.4 Å². The molecule has 0 aliphatic heterocycles. The maximum Gasteiger partial charge on any atom is 0.0623 e. The van der Waals surface area contributed by atoms with Crippen LogP contribution in [0.1, 0.15) is 38.3 Å². The van der Waals surface area contributed by atoms with Crippen molar-refractivity contribution in [3.05, 3.63) is 28.5 Å². The van der Waals surface area contributed by atoms with Crippen molar-refractivity contribution in [1.29, 1.82) is 0 Å². The molecule has 1 aromatic heterocycles. The molecule has 17 heavy (non-hydrogen) atoms. The number of hydrazine groups is 1. The number of nitrogens with two attached hydrogens (primary N) is 1. The van der Waals surface area contributed by atoms with Gasteiger partial charge in [0.05, 0.1) is 5.60 Å². The highest BCUT2D eigenvalue weighted by atomic mass is 79.9. The molecule has 0 aromatic carbocycles. The van der Waals surface area contributed by atoms with E-state index in [2.05, 4.69) is 40.2 Å². The van der Waals surface area contributed by atoms with Gasteiger partial charge in [0.15, 0.2) is 0 Å². The molecule has 1 atom stereocenters. The summed E-state index contributed by atoms with van der Waals surface area (Å²) in [5, 5.41) is 0. The SMILES string of the molecule is COC(C)(C)CCC(NN)c1cncc(Br)c1. The first-order valence-electron chi connectivity index (χ1n) is 5.60. The molecule has 0 amide bonds. The summed E-state index contributed by atoms with van der Waals surface area (Å²) in [4.78, 5) is 4.14. The number of hydrogen-bond donors (Lipinski definition) is 2. The number of pyridine rings is 1. The van der Waals surface area contributed by atoms with Crippen molar-refractivity contribution in [2.24, 2.45) is 5.84 Å². The van der Waals surface area contributed by atoms with Gasteiger partial charge in [-0.1, -0.05) is 0 Å². The molecular formula is C12H20BrN3O. The molecule has 5 heteroatoms. The van der Waals surface area contributed by atoms with Gasteiger partial charge in [-0.05, 0) is 54.2 Å². The van der Waals surface area contributed by atoms with Crippen LogP contribution >= 0.6 is 15.9 Å². The van der Waals surface area contributed by atoms with Gasteiger partial charge in [0.25, 0.3) is 0 Å². The number of aromatic nitrogens is 1. The summed E-state index contributed by atoms with van der Waals surface area (Å²) in [7, 11) is 1.73. The summed E-state index contributed by atoms with van der Waals surface area (Å²) in [5.41, 5.74) is 3.77. The van der Waals surface area contributed by atoms with E-state index < -0.39 is 0 Å². The van der Waals surface area contributed by atoms with Crippen LogP contribution in [0.4, 0.5) is 0 Å². The lowest BCUT2D eigenvalue weighted by atomic mass is 9.96. The zero-order valence-electron chi connectivity index (χ0n) is 10.5. The zero-order chi connectivity index (χ0) is 12.9. The highest BCUT2D eigenvalue weighted by molar-refractivity contribution is 9.10. The minimum absolute atomic E-state index is 0.0921. The summed E-state index contributed by atoms with van der Waals surface area (Å²) in [6.07, 6.45) is 5.41. The van der Waals surface area contributed by atoms with Gasteiger partial charge >= 0.3 is 0 Å². The van der Waals surface area contributed by atoms with E-state index in [9.17, 15) is 0 Å². The van der Waals surface area contributed by atoms with E-state index in [4.69, 9.17) is 10.6 Å². The van der Waals surface area contributed by atoms with Crippen LogP contribution in [-0.2, 0) is 4.74 Å². The van der Waals surface area contributed by atoms with Gasteiger partial charge in [0.2, 0.25) is 0 Å². The van der Waals surface area contributed by atoms with Gasteiger partial charge < -0.3 is 4.74 Å². The Morgan fingerprint density at radius 1 is 1.53 bits per heavy atom. The summed E-state index contributed by atoms with van der Waals surface area (Å²) >= 11 is 3.41. The fraction of sp³-hybridized carbons (Fsp3) is 0.583. The lowest BCUT2D eigenvalue weighted by Gasteiger charge is -2.25. The molecule has 1 unspecified atom stereocenters. The van der Waals surface area contributed by atoms with Crippen LogP contribution in [0.5, 0.6) is 0 Å². The average Bonchev–Trinajstić information content (AvgIpc) is 2.30. The van der Waals surface area contributed by atoms with E-state index in [-0.39, 0.29) is 11.6 Å². The van der Waals surface area contributed by atoms with E-state index in [0.29, 0.717) is 0 Å². The molecule has 0 radical (unpaired) electrons. The Balaban J connectivity index is 2.66. The fourth-order valence-electron chi connectivity index (χ4n) is 1.56. The quantitative estimate of drug-likeness (QED) is 0.626. The normalized spacial score (nSPS) is 13.7. The van der Waals surface area contributed by atoms with E-state index >= 15 is 0 Å². The van der Waals surface area contributed by atoms with E-state index in [0.717, 1.165) is 22.9 Å². The third-order valence-corrected chi connectivity index (χ3v) is 3.35. The van der Waals surface area contributed by atoms with Gasteiger partial charge in [0.1, 0.15) is 0 Å². The Kier molecular flexibility index (Phi) is 5.52. The Labute approximate surface area is 111 Å². The standard InChI is InChI=1S/C12H20BrN3O/c1-12(2,17-3)5-4-11(16-14)9-6-10(13)8-15-7-9/h6-8,11,16H,4-5,14H2,1-3H3. The van der Waals surface area contributed by atoms with Crippen molar-refractivity contribution in [3.63, 3.8) is 0 Å². The predicted octanol–water partition coefficient (Wildman–Crippen LogP) is 2.55. The maximum absolute atomic E-state index is 5.59. The van der Waals surface area contributed by atoms with Gasteiger partial charge in [-0.25, -0.2) is 0 Å². The lowest BCUT2D eigenvalue weighted by Crippen LogP contribution is -2.31. The molecule has 0 aliphatic carbocycles. The maximum atomic E-state index is 5.59. The fourth-order valence-corrected chi connectivity index (χ4v) is 1.94. The summed E-state index contributed by atoms with van der Waals surface area (Å²) in [5.74, 6) is 5.59. The largest absolute Gasteiger partial charge is 0.379 e. The number of hydrogen-bond acceptors (Lipinski definition) is 4. The first-order chi connectivity index (χ1) is 7.98. The van der Waals surface area contributed by atoms with Gasteiger partial charge in [-0.15, -0.1) is 0 Å². The van der Waals surface area contributed by atoms with E-state index in [1.54, 1.807) is 13.3 Å². The third-order valence-electron chi connectivity index (χ3n) is 2.92. The van der Waals surface area contributed by atoms with Gasteiger partial charge in [0, 0.05) is 30.0 Å². The molecule has 0 fully saturated rings. The van der Waals surface area contributed by atoms with Crippen LogP contribution < -0.4 is 11.3 Å². The van der Waals surface area contributed by atoms with Crippen molar-refractivity contribution in [3.8, 4) is 0 Å². The first-order valence-corrected chi connectivity index (χ1v) is 6.39. The predicted molar refractivity (Wildman–Crippen MR) is 72.3 cm³/mol. The number of halogens is 1.